The van der Waals surface area contributed by atoms with Crippen LogP contribution in [0.25, 0.3) is 10.9 Å². The molecule has 1 aliphatic rings. The van der Waals surface area contributed by atoms with E-state index in [1.165, 1.54) is 48.1 Å². The fourth-order valence-electron chi connectivity index (χ4n) is 2.62. The number of fused-ring (bicyclic) bond motifs is 1. The van der Waals surface area contributed by atoms with Crippen molar-refractivity contribution in [3.63, 3.8) is 0 Å². The van der Waals surface area contributed by atoms with Gasteiger partial charge >= 0.3 is 0 Å². The second kappa shape index (κ2) is 6.05. The van der Waals surface area contributed by atoms with Gasteiger partial charge in [0.05, 0.1) is 0 Å². The second-order valence-electron chi connectivity index (χ2n) is 4.86. The third kappa shape index (κ3) is 2.94. The third-order valence-corrected chi connectivity index (χ3v) is 3.42. The normalized spacial score (nSPS) is 15.7. The van der Waals surface area contributed by atoms with Crippen LogP contribution in [0.15, 0.2) is 24.3 Å². The molecule has 0 spiro atoms. The molecule has 1 saturated heterocycles. The molecule has 2 nitrogen and oxygen atoms in total. The number of aromatic nitrogens is 1. The summed E-state index contributed by atoms with van der Waals surface area (Å²) in [5.41, 5.74) is 3.93. The maximum Gasteiger partial charge on any atom is 0.0456 e. The van der Waals surface area contributed by atoms with E-state index in [-0.39, 0.29) is 0 Å². The summed E-state index contributed by atoms with van der Waals surface area (Å²) in [5, 5.41) is 1.34. The summed E-state index contributed by atoms with van der Waals surface area (Å²) in [6.45, 7) is 9.76. The standard InChI is InChI=1S/C14H18N2.C2H6/c1-11-8-13-9-12(4-5-14(13)15-11)10-16-6-2-3-7-16;1-2/h4-5,8-9,15H,2-3,6-7,10H2,1H3;1-2H3. The number of H-pyrrole nitrogens is 1. The highest BCUT2D eigenvalue weighted by Crippen LogP contribution is 2.19. The van der Waals surface area contributed by atoms with Crippen molar-refractivity contribution in [2.45, 2.75) is 40.2 Å². The van der Waals surface area contributed by atoms with E-state index in [4.69, 9.17) is 0 Å². The van der Waals surface area contributed by atoms with E-state index in [1.807, 2.05) is 13.8 Å². The van der Waals surface area contributed by atoms with Gasteiger partial charge in [0, 0.05) is 17.8 Å². The van der Waals surface area contributed by atoms with E-state index >= 15 is 0 Å². The van der Waals surface area contributed by atoms with Crippen molar-refractivity contribution < 1.29 is 0 Å². The number of rotatable bonds is 2. The van der Waals surface area contributed by atoms with Crippen LogP contribution in [0.4, 0.5) is 0 Å². The number of benzene rings is 1. The Hall–Kier alpha value is -1.28. The average Bonchev–Trinajstić information content (AvgIpc) is 2.99. The second-order valence-corrected chi connectivity index (χ2v) is 4.86. The summed E-state index contributed by atoms with van der Waals surface area (Å²) in [6.07, 6.45) is 2.73. The number of nitrogens with zero attached hydrogens (tertiary/aromatic N) is 1. The monoisotopic (exact) mass is 244 g/mol. The van der Waals surface area contributed by atoms with Gasteiger partial charge in [-0.3, -0.25) is 4.90 Å². The van der Waals surface area contributed by atoms with Crippen LogP contribution in [0, 0.1) is 6.92 Å². The Balaban J connectivity index is 0.000000574. The van der Waals surface area contributed by atoms with Gasteiger partial charge in [0.1, 0.15) is 0 Å². The van der Waals surface area contributed by atoms with Gasteiger partial charge in [0.2, 0.25) is 0 Å². The largest absolute Gasteiger partial charge is 0.359 e. The minimum Gasteiger partial charge on any atom is -0.359 e. The molecule has 2 heteroatoms. The van der Waals surface area contributed by atoms with Crippen molar-refractivity contribution in [2.75, 3.05) is 13.1 Å². The summed E-state index contributed by atoms with van der Waals surface area (Å²) in [5.74, 6) is 0. The van der Waals surface area contributed by atoms with Gasteiger partial charge in [-0.1, -0.05) is 19.9 Å². The Morgan fingerprint density at radius 1 is 1.11 bits per heavy atom. The molecule has 18 heavy (non-hydrogen) atoms. The molecule has 1 aromatic heterocycles. The van der Waals surface area contributed by atoms with Crippen molar-refractivity contribution in [3.8, 4) is 0 Å². The van der Waals surface area contributed by atoms with Crippen molar-refractivity contribution >= 4 is 10.9 Å². The SMILES string of the molecule is CC.Cc1cc2cc(CN3CCCC3)ccc2[nH]1. The van der Waals surface area contributed by atoms with Crippen LogP contribution in [-0.4, -0.2) is 23.0 Å². The fraction of sp³-hybridized carbons (Fsp3) is 0.500. The zero-order chi connectivity index (χ0) is 13.0. The molecular weight excluding hydrogens is 220 g/mol. The lowest BCUT2D eigenvalue weighted by molar-refractivity contribution is 0.331. The van der Waals surface area contributed by atoms with Crippen molar-refractivity contribution in [3.05, 3.63) is 35.5 Å². The molecule has 0 saturated carbocycles. The number of hydrogen-bond donors (Lipinski definition) is 1. The topological polar surface area (TPSA) is 19.0 Å². The highest BCUT2D eigenvalue weighted by atomic mass is 15.1. The Bertz CT molecular complexity index is 493. The molecule has 0 radical (unpaired) electrons. The Morgan fingerprint density at radius 3 is 2.56 bits per heavy atom. The van der Waals surface area contributed by atoms with Crippen LogP contribution in [0.3, 0.4) is 0 Å². The quantitative estimate of drug-likeness (QED) is 0.842. The number of aryl methyl sites for hydroxylation is 1. The molecule has 2 aromatic rings. The Morgan fingerprint density at radius 2 is 1.83 bits per heavy atom. The first kappa shape index (κ1) is 13.2. The van der Waals surface area contributed by atoms with E-state index in [2.05, 4.69) is 41.1 Å². The molecule has 3 rings (SSSR count). The molecule has 2 heterocycles. The first-order chi connectivity index (χ1) is 8.81. The van der Waals surface area contributed by atoms with Gasteiger partial charge in [0.25, 0.3) is 0 Å². The summed E-state index contributed by atoms with van der Waals surface area (Å²) >= 11 is 0. The molecule has 0 amide bonds. The van der Waals surface area contributed by atoms with Crippen LogP contribution >= 0.6 is 0 Å². The van der Waals surface area contributed by atoms with Gasteiger partial charge in [-0.05, 0) is 62.0 Å². The van der Waals surface area contributed by atoms with Crippen molar-refractivity contribution in [1.29, 1.82) is 0 Å². The lowest BCUT2D eigenvalue weighted by Gasteiger charge is -2.14. The minimum absolute atomic E-state index is 1.11. The predicted molar refractivity (Wildman–Crippen MR) is 78.9 cm³/mol. The van der Waals surface area contributed by atoms with E-state index in [1.54, 1.807) is 0 Å². The zero-order valence-corrected chi connectivity index (χ0v) is 11.8. The third-order valence-electron chi connectivity index (χ3n) is 3.42. The van der Waals surface area contributed by atoms with E-state index in [9.17, 15) is 0 Å². The van der Waals surface area contributed by atoms with Crippen molar-refractivity contribution in [2.24, 2.45) is 0 Å². The Labute approximate surface area is 110 Å². The van der Waals surface area contributed by atoms with E-state index in [0.29, 0.717) is 0 Å². The van der Waals surface area contributed by atoms with Crippen LogP contribution in [-0.2, 0) is 6.54 Å². The molecule has 1 N–H and O–H groups in total. The maximum absolute atomic E-state index is 3.37. The first-order valence-electron chi connectivity index (χ1n) is 7.12. The zero-order valence-electron chi connectivity index (χ0n) is 11.8. The summed E-state index contributed by atoms with van der Waals surface area (Å²) in [7, 11) is 0. The van der Waals surface area contributed by atoms with E-state index in [0.717, 1.165) is 6.54 Å². The summed E-state index contributed by atoms with van der Waals surface area (Å²) in [4.78, 5) is 5.91. The number of hydrogen-bond acceptors (Lipinski definition) is 1. The minimum atomic E-state index is 1.11. The van der Waals surface area contributed by atoms with Crippen LogP contribution in [0.2, 0.25) is 0 Å². The highest BCUT2D eigenvalue weighted by Gasteiger charge is 2.11. The maximum atomic E-state index is 3.37. The van der Waals surface area contributed by atoms with Crippen molar-refractivity contribution in [1.82, 2.24) is 9.88 Å². The average molecular weight is 244 g/mol. The molecule has 0 atom stereocenters. The molecular formula is C16H24N2. The Kier molecular flexibility index (Phi) is 4.43. The smallest absolute Gasteiger partial charge is 0.0456 e. The molecule has 1 aliphatic heterocycles. The molecule has 0 bridgehead atoms. The van der Waals surface area contributed by atoms with Crippen LogP contribution in [0.5, 0.6) is 0 Å². The van der Waals surface area contributed by atoms with Crippen LogP contribution in [0.1, 0.15) is 37.9 Å². The van der Waals surface area contributed by atoms with Gasteiger partial charge in [0.15, 0.2) is 0 Å². The number of aromatic amines is 1. The number of nitrogens with one attached hydrogen (secondary N) is 1. The van der Waals surface area contributed by atoms with Gasteiger partial charge in [-0.25, -0.2) is 0 Å². The fourth-order valence-corrected chi connectivity index (χ4v) is 2.62. The summed E-state index contributed by atoms with van der Waals surface area (Å²) < 4.78 is 0. The molecule has 98 valence electrons. The van der Waals surface area contributed by atoms with Gasteiger partial charge < -0.3 is 4.98 Å². The number of likely N-dealkylation sites (tertiary alicyclic amines) is 1. The summed E-state index contributed by atoms with van der Waals surface area (Å²) in [6, 6.07) is 8.99. The molecule has 1 aromatic carbocycles. The highest BCUT2D eigenvalue weighted by molar-refractivity contribution is 5.81. The lowest BCUT2D eigenvalue weighted by Crippen LogP contribution is -2.18. The molecule has 0 unspecified atom stereocenters. The lowest BCUT2D eigenvalue weighted by atomic mass is 10.1. The predicted octanol–water partition coefficient (Wildman–Crippen LogP) is 4.10. The molecule has 0 aliphatic carbocycles. The van der Waals surface area contributed by atoms with E-state index < -0.39 is 0 Å². The van der Waals surface area contributed by atoms with Gasteiger partial charge in [-0.2, -0.15) is 0 Å². The molecule has 1 fully saturated rings. The first-order valence-corrected chi connectivity index (χ1v) is 7.12. The van der Waals surface area contributed by atoms with Gasteiger partial charge in [-0.15, -0.1) is 0 Å². The van der Waals surface area contributed by atoms with Crippen LogP contribution < -0.4 is 0 Å².